The summed E-state index contributed by atoms with van der Waals surface area (Å²) < 4.78 is 8.10. The van der Waals surface area contributed by atoms with Crippen LogP contribution in [0.5, 0.6) is 0 Å². The summed E-state index contributed by atoms with van der Waals surface area (Å²) in [7, 11) is 0. The Balaban J connectivity index is 1.63. The third kappa shape index (κ3) is 3.65. The molecule has 0 radical (unpaired) electrons. The number of morpholine rings is 1. The maximum absolute atomic E-state index is 5.53. The predicted octanol–water partition coefficient (Wildman–Crippen LogP) is 3.85. The van der Waals surface area contributed by atoms with Crippen LogP contribution in [0.15, 0.2) is 24.3 Å². The van der Waals surface area contributed by atoms with Crippen molar-refractivity contribution in [2.75, 3.05) is 62.3 Å². The molecule has 1 N–H and O–H groups in total. The lowest BCUT2D eigenvalue weighted by Crippen LogP contribution is -2.43. The highest BCUT2D eigenvalue weighted by Gasteiger charge is 2.22. The number of ether oxygens (including phenoxy) is 1. The average Bonchev–Trinajstić information content (AvgIpc) is 2.78. The van der Waals surface area contributed by atoms with E-state index in [0.717, 1.165) is 64.4 Å². The van der Waals surface area contributed by atoms with Crippen LogP contribution in [0.25, 0.3) is 20.4 Å². The average molecular weight is 410 g/mol. The Morgan fingerprint density at radius 2 is 1.59 bits per heavy atom. The number of fused-ring (bicyclic) bond motifs is 2. The Kier molecular flexibility index (Phi) is 5.24. The third-order valence-corrected chi connectivity index (χ3v) is 7.13. The molecule has 2 aliphatic rings. The van der Waals surface area contributed by atoms with Gasteiger partial charge in [0.15, 0.2) is 0 Å². The molecule has 3 heterocycles. The van der Waals surface area contributed by atoms with E-state index in [1.54, 1.807) is 0 Å². The fraction of sp³-hybridized carbons (Fsp3) is 0.478. The molecule has 2 saturated heterocycles. The second kappa shape index (κ2) is 8.01. The Morgan fingerprint density at radius 1 is 0.931 bits per heavy atom. The van der Waals surface area contributed by atoms with Crippen molar-refractivity contribution in [2.45, 2.75) is 20.3 Å². The van der Waals surface area contributed by atoms with Crippen LogP contribution in [0, 0.1) is 6.92 Å². The number of rotatable bonds is 3. The summed E-state index contributed by atoms with van der Waals surface area (Å²) in [6.07, 6.45) is 1.01. The van der Waals surface area contributed by atoms with Gasteiger partial charge in [-0.3, -0.25) is 0 Å². The van der Waals surface area contributed by atoms with Crippen molar-refractivity contribution in [3.05, 3.63) is 35.4 Å². The number of aromatic nitrogens is 1. The largest absolute Gasteiger partial charge is 0.378 e. The highest BCUT2D eigenvalue weighted by atomic mass is 32.1. The number of anilines is 2. The number of piperazine rings is 1. The molecule has 0 spiro atoms. The molecule has 0 bridgehead atoms. The minimum absolute atomic E-state index is 0.810. The Morgan fingerprint density at radius 3 is 2.31 bits per heavy atom. The van der Waals surface area contributed by atoms with Crippen LogP contribution in [-0.2, 0) is 11.2 Å². The zero-order chi connectivity index (χ0) is 19.8. The fourth-order valence-corrected chi connectivity index (χ4v) is 5.59. The van der Waals surface area contributed by atoms with Gasteiger partial charge in [-0.2, -0.15) is 0 Å². The molecule has 0 aliphatic carbocycles. The van der Waals surface area contributed by atoms with Crippen LogP contribution in [0.2, 0.25) is 0 Å². The molecular weight excluding hydrogens is 380 g/mol. The van der Waals surface area contributed by atoms with Gasteiger partial charge in [-0.1, -0.05) is 6.92 Å². The van der Waals surface area contributed by atoms with Gasteiger partial charge in [0.1, 0.15) is 11.0 Å². The molecule has 2 aliphatic heterocycles. The minimum Gasteiger partial charge on any atom is -0.378 e. The van der Waals surface area contributed by atoms with Crippen LogP contribution in [0.4, 0.5) is 11.4 Å². The van der Waals surface area contributed by atoms with Crippen molar-refractivity contribution in [3.63, 3.8) is 0 Å². The third-order valence-electron chi connectivity index (χ3n) is 6.07. The lowest BCUT2D eigenvalue weighted by atomic mass is 10.1. The molecule has 1 aromatic heterocycles. The van der Waals surface area contributed by atoms with Crippen LogP contribution < -0.4 is 15.1 Å². The van der Waals surface area contributed by atoms with Crippen LogP contribution >= 0.6 is 11.3 Å². The molecular formula is C23H29N4OS+. The number of nitrogens with one attached hydrogen (secondary N) is 1. The van der Waals surface area contributed by atoms with E-state index in [-0.39, 0.29) is 0 Å². The molecule has 0 amide bonds. The summed E-state index contributed by atoms with van der Waals surface area (Å²) in [5.41, 5.74) is 7.57. The first-order valence-electron chi connectivity index (χ1n) is 10.7. The second-order valence-electron chi connectivity index (χ2n) is 7.96. The Labute approximate surface area is 176 Å². The SMILES string of the molecule is CCc1cc(N2CCNCC2)cc2[s+]c3cc(N4CCOCC4)cc(C)c3nc12. The summed E-state index contributed by atoms with van der Waals surface area (Å²) in [5, 5.41) is 3.45. The van der Waals surface area contributed by atoms with Gasteiger partial charge < -0.3 is 19.9 Å². The lowest BCUT2D eigenvalue weighted by molar-refractivity contribution is 0.122. The van der Waals surface area contributed by atoms with Gasteiger partial charge in [0.05, 0.1) is 13.2 Å². The summed E-state index contributed by atoms with van der Waals surface area (Å²) >= 11 is 1.89. The molecule has 29 heavy (non-hydrogen) atoms. The summed E-state index contributed by atoms with van der Waals surface area (Å²) in [5.74, 6) is 0. The first-order valence-corrected chi connectivity index (χ1v) is 11.5. The van der Waals surface area contributed by atoms with Crippen molar-refractivity contribution >= 4 is 43.1 Å². The lowest BCUT2D eigenvalue weighted by Gasteiger charge is -2.29. The molecule has 5 nitrogen and oxygen atoms in total. The fourth-order valence-electron chi connectivity index (χ4n) is 4.41. The van der Waals surface area contributed by atoms with Crippen molar-refractivity contribution in [2.24, 2.45) is 0 Å². The monoisotopic (exact) mass is 409 g/mol. The van der Waals surface area contributed by atoms with Gasteiger partial charge in [-0.25, -0.2) is 4.98 Å². The standard InChI is InChI=1S/C23H29N4OS/c1-3-17-13-19(26-6-4-24-5-7-26)15-21-23(17)25-22-16(2)12-18(14-20(22)29-21)27-8-10-28-11-9-27/h12-15,24H,3-11H2,1-2H3/q+1. The quantitative estimate of drug-likeness (QED) is 0.526. The van der Waals surface area contributed by atoms with Gasteiger partial charge in [0, 0.05) is 62.8 Å². The first-order chi connectivity index (χ1) is 14.2. The smallest absolute Gasteiger partial charge is 0.259 e. The summed E-state index contributed by atoms with van der Waals surface area (Å²) in [6.45, 7) is 12.2. The van der Waals surface area contributed by atoms with Crippen molar-refractivity contribution in [3.8, 4) is 0 Å². The van der Waals surface area contributed by atoms with E-state index >= 15 is 0 Å². The van der Waals surface area contributed by atoms with Gasteiger partial charge in [-0.05, 0) is 36.6 Å². The van der Waals surface area contributed by atoms with Gasteiger partial charge in [-0.15, -0.1) is 0 Å². The number of nitrogens with zero attached hydrogens (tertiary/aromatic N) is 3. The minimum atomic E-state index is 0.810. The number of hydrogen-bond acceptors (Lipinski definition) is 5. The summed E-state index contributed by atoms with van der Waals surface area (Å²) in [4.78, 5) is 10.1. The highest BCUT2D eigenvalue weighted by molar-refractivity contribution is 7.24. The molecule has 6 heteroatoms. The first kappa shape index (κ1) is 19.0. The Hall–Kier alpha value is -2.02. The van der Waals surface area contributed by atoms with Gasteiger partial charge in [0.25, 0.3) is 9.40 Å². The van der Waals surface area contributed by atoms with Gasteiger partial charge >= 0.3 is 0 Å². The zero-order valence-electron chi connectivity index (χ0n) is 17.3. The number of benzene rings is 2. The topological polar surface area (TPSA) is 40.6 Å². The van der Waals surface area contributed by atoms with E-state index < -0.39 is 0 Å². The van der Waals surface area contributed by atoms with E-state index in [0.29, 0.717) is 0 Å². The number of aryl methyl sites for hydroxylation is 2. The molecule has 0 unspecified atom stereocenters. The van der Waals surface area contributed by atoms with Crippen LogP contribution in [0.3, 0.4) is 0 Å². The maximum Gasteiger partial charge on any atom is 0.259 e. The maximum atomic E-state index is 5.53. The molecule has 5 rings (SSSR count). The molecule has 2 fully saturated rings. The molecule has 152 valence electrons. The van der Waals surface area contributed by atoms with Crippen molar-refractivity contribution in [1.82, 2.24) is 10.3 Å². The van der Waals surface area contributed by atoms with Gasteiger partial charge in [0.2, 0.25) is 11.3 Å². The molecule has 0 saturated carbocycles. The normalized spacial score (nSPS) is 18.0. The zero-order valence-corrected chi connectivity index (χ0v) is 18.1. The van der Waals surface area contributed by atoms with Crippen LogP contribution in [0.1, 0.15) is 18.1 Å². The molecule has 3 aromatic rings. The predicted molar refractivity (Wildman–Crippen MR) is 124 cm³/mol. The van der Waals surface area contributed by atoms with E-state index in [4.69, 9.17) is 9.72 Å². The second-order valence-corrected chi connectivity index (χ2v) is 9.05. The van der Waals surface area contributed by atoms with E-state index in [1.807, 2.05) is 11.3 Å². The van der Waals surface area contributed by atoms with Crippen molar-refractivity contribution < 1.29 is 4.74 Å². The van der Waals surface area contributed by atoms with E-state index in [2.05, 4.69) is 53.2 Å². The van der Waals surface area contributed by atoms with E-state index in [9.17, 15) is 0 Å². The highest BCUT2D eigenvalue weighted by Crippen LogP contribution is 2.35. The van der Waals surface area contributed by atoms with E-state index in [1.165, 1.54) is 37.4 Å². The van der Waals surface area contributed by atoms with Crippen LogP contribution in [-0.4, -0.2) is 57.5 Å². The number of hydrogen-bond donors (Lipinski definition) is 1. The summed E-state index contributed by atoms with van der Waals surface area (Å²) in [6, 6.07) is 9.33. The Bertz CT molecular complexity index is 1040. The molecule has 2 aromatic carbocycles. The van der Waals surface area contributed by atoms with Crippen molar-refractivity contribution in [1.29, 1.82) is 0 Å². The molecule has 0 atom stereocenters.